The Kier molecular flexibility index (Phi) is 5.26. The highest BCUT2D eigenvalue weighted by Gasteiger charge is 2.60. The molecular formula is C26H37N3O2. The molecule has 3 N–H and O–H groups in total. The quantitative estimate of drug-likeness (QED) is 0.644. The first-order chi connectivity index (χ1) is 14.9. The number of nitrogens with one attached hydrogen (secondary N) is 3. The van der Waals surface area contributed by atoms with Crippen molar-refractivity contribution in [2.75, 3.05) is 11.9 Å². The number of piperidine rings is 1. The van der Waals surface area contributed by atoms with Crippen LogP contribution >= 0.6 is 0 Å². The number of benzene rings is 1. The van der Waals surface area contributed by atoms with E-state index in [2.05, 4.69) is 29.8 Å². The Balaban J connectivity index is 1.36. The summed E-state index contributed by atoms with van der Waals surface area (Å²) in [5, 5.41) is 9.49. The minimum absolute atomic E-state index is 0.131. The maximum atomic E-state index is 12.6. The monoisotopic (exact) mass is 423 g/mol. The van der Waals surface area contributed by atoms with Gasteiger partial charge >= 0.3 is 6.03 Å². The minimum atomic E-state index is -0.131. The number of anilines is 1. The Bertz CT molecular complexity index is 842. The van der Waals surface area contributed by atoms with E-state index in [1.165, 1.54) is 32.1 Å². The average molecular weight is 424 g/mol. The summed E-state index contributed by atoms with van der Waals surface area (Å²) in [6, 6.07) is 9.73. The third kappa shape index (κ3) is 3.64. The van der Waals surface area contributed by atoms with E-state index in [1.54, 1.807) is 0 Å². The average Bonchev–Trinajstić information content (AvgIpc) is 3.15. The molecule has 0 aromatic heterocycles. The Morgan fingerprint density at radius 1 is 1.10 bits per heavy atom. The molecule has 1 saturated heterocycles. The van der Waals surface area contributed by atoms with Crippen LogP contribution in [0.15, 0.2) is 30.3 Å². The van der Waals surface area contributed by atoms with Crippen molar-refractivity contribution < 1.29 is 9.59 Å². The number of urea groups is 1. The van der Waals surface area contributed by atoms with Gasteiger partial charge in [-0.05, 0) is 85.2 Å². The van der Waals surface area contributed by atoms with Crippen LogP contribution in [0.2, 0.25) is 0 Å². The molecule has 4 aliphatic rings. The fourth-order valence-corrected chi connectivity index (χ4v) is 7.97. The van der Waals surface area contributed by atoms with Crippen LogP contribution in [-0.4, -0.2) is 24.5 Å². The van der Waals surface area contributed by atoms with E-state index < -0.39 is 0 Å². The summed E-state index contributed by atoms with van der Waals surface area (Å²) >= 11 is 0. The van der Waals surface area contributed by atoms with Crippen LogP contribution in [0, 0.1) is 34.5 Å². The van der Waals surface area contributed by atoms with Crippen molar-refractivity contribution in [1.82, 2.24) is 10.6 Å². The van der Waals surface area contributed by atoms with Gasteiger partial charge in [0.15, 0.2) is 0 Å². The molecule has 1 aromatic carbocycles. The van der Waals surface area contributed by atoms with Gasteiger partial charge in [0.2, 0.25) is 5.91 Å². The first-order valence-electron chi connectivity index (χ1n) is 12.3. The summed E-state index contributed by atoms with van der Waals surface area (Å²) in [5.41, 5.74) is 1.48. The van der Waals surface area contributed by atoms with Crippen molar-refractivity contribution in [3.05, 3.63) is 30.3 Å². The van der Waals surface area contributed by atoms with Gasteiger partial charge in [-0.15, -0.1) is 0 Å². The highest BCUT2D eigenvalue weighted by Crippen LogP contribution is 2.65. The highest BCUT2D eigenvalue weighted by molar-refractivity contribution is 5.89. The predicted octanol–water partition coefficient (Wildman–Crippen LogP) is 4.95. The first kappa shape index (κ1) is 20.8. The third-order valence-electron chi connectivity index (χ3n) is 9.62. The minimum Gasteiger partial charge on any atom is -0.353 e. The molecule has 5 nitrogen and oxygen atoms in total. The lowest BCUT2D eigenvalue weighted by atomic mass is 9.45. The lowest BCUT2D eigenvalue weighted by Crippen LogP contribution is -2.64. The Hall–Kier alpha value is -2.04. The van der Waals surface area contributed by atoms with Gasteiger partial charge in [-0.3, -0.25) is 4.79 Å². The van der Waals surface area contributed by atoms with Gasteiger partial charge < -0.3 is 16.0 Å². The number of carbonyl (C=O) groups excluding carboxylic acids is 2. The van der Waals surface area contributed by atoms with Crippen molar-refractivity contribution in [3.63, 3.8) is 0 Å². The summed E-state index contributed by atoms with van der Waals surface area (Å²) in [4.78, 5) is 24.9. The molecule has 0 radical (unpaired) electrons. The van der Waals surface area contributed by atoms with E-state index in [4.69, 9.17) is 0 Å². The molecule has 1 heterocycles. The van der Waals surface area contributed by atoms with Gasteiger partial charge in [0.25, 0.3) is 0 Å². The Morgan fingerprint density at radius 3 is 2.71 bits per heavy atom. The van der Waals surface area contributed by atoms with Gasteiger partial charge in [0, 0.05) is 24.7 Å². The molecule has 1 aliphatic heterocycles. The standard InChI is InChI=1S/C26H37N3O2/c1-25-12-6-9-19(25)23-17(16-27-24(31)28-18-7-4-3-5-8-18)15-21-26(2,20(23)10-13-25)14-11-22(30)29-21/h3-5,7-8,17,19-21,23H,6,9-16H2,1-2H3,(H,29,30)(H2,27,28,31)/t17?,19-,20+,21?,23-,25-,26+/m0/s1. The van der Waals surface area contributed by atoms with Gasteiger partial charge in [-0.2, -0.15) is 0 Å². The number of rotatable bonds is 3. The third-order valence-corrected chi connectivity index (χ3v) is 9.62. The molecule has 5 heteroatoms. The van der Waals surface area contributed by atoms with Crippen molar-refractivity contribution in [2.45, 2.75) is 71.3 Å². The second-order valence-electron chi connectivity index (χ2n) is 11.2. The van der Waals surface area contributed by atoms with Crippen LogP contribution in [0.1, 0.15) is 65.2 Å². The van der Waals surface area contributed by atoms with E-state index in [0.717, 1.165) is 24.4 Å². The van der Waals surface area contributed by atoms with Crippen molar-refractivity contribution in [2.24, 2.45) is 34.5 Å². The number of carbonyl (C=O) groups is 2. The maximum absolute atomic E-state index is 12.6. The van der Waals surface area contributed by atoms with Crippen LogP contribution in [0.3, 0.4) is 0 Å². The van der Waals surface area contributed by atoms with Crippen LogP contribution in [0.25, 0.3) is 0 Å². The van der Waals surface area contributed by atoms with Crippen LogP contribution in [0.4, 0.5) is 10.5 Å². The molecule has 31 heavy (non-hydrogen) atoms. The summed E-state index contributed by atoms with van der Waals surface area (Å²) in [5.74, 6) is 2.67. The first-order valence-corrected chi connectivity index (χ1v) is 12.3. The molecule has 0 bridgehead atoms. The lowest BCUT2D eigenvalue weighted by Gasteiger charge is -2.62. The number of fused-ring (bicyclic) bond motifs is 5. The van der Waals surface area contributed by atoms with E-state index in [-0.39, 0.29) is 23.4 Å². The Labute approximate surface area is 186 Å². The predicted molar refractivity (Wildman–Crippen MR) is 123 cm³/mol. The summed E-state index contributed by atoms with van der Waals surface area (Å²) in [7, 11) is 0. The molecule has 0 spiro atoms. The SMILES string of the molecule is C[C@@]12CCC[C@H]1[C@@H]1C(CNC(=O)Nc3ccccc3)CC3NC(=O)CC[C@]3(C)[C@@H]1CC2. The molecule has 5 rings (SSSR count). The molecule has 3 amide bonds. The van der Waals surface area contributed by atoms with Gasteiger partial charge in [-0.25, -0.2) is 4.79 Å². The summed E-state index contributed by atoms with van der Waals surface area (Å²) < 4.78 is 0. The van der Waals surface area contributed by atoms with E-state index in [9.17, 15) is 9.59 Å². The van der Waals surface area contributed by atoms with Gasteiger partial charge in [0.1, 0.15) is 0 Å². The van der Waals surface area contributed by atoms with Crippen LogP contribution in [0.5, 0.6) is 0 Å². The van der Waals surface area contributed by atoms with E-state index >= 15 is 0 Å². The molecule has 168 valence electrons. The maximum Gasteiger partial charge on any atom is 0.319 e. The zero-order chi connectivity index (χ0) is 21.6. The van der Waals surface area contributed by atoms with Crippen LogP contribution in [-0.2, 0) is 4.79 Å². The fraction of sp³-hybridized carbons (Fsp3) is 0.692. The number of para-hydroxylation sites is 1. The van der Waals surface area contributed by atoms with Crippen LogP contribution < -0.4 is 16.0 Å². The molecular weight excluding hydrogens is 386 g/mol. The highest BCUT2D eigenvalue weighted by atomic mass is 16.2. The number of amides is 3. The number of hydrogen-bond acceptors (Lipinski definition) is 2. The zero-order valence-corrected chi connectivity index (χ0v) is 19.0. The van der Waals surface area contributed by atoms with E-state index in [0.29, 0.717) is 36.1 Å². The van der Waals surface area contributed by atoms with Crippen molar-refractivity contribution in [3.8, 4) is 0 Å². The molecule has 3 aliphatic carbocycles. The number of hydrogen-bond donors (Lipinski definition) is 3. The largest absolute Gasteiger partial charge is 0.353 e. The smallest absolute Gasteiger partial charge is 0.319 e. The van der Waals surface area contributed by atoms with Crippen molar-refractivity contribution in [1.29, 1.82) is 0 Å². The van der Waals surface area contributed by atoms with E-state index in [1.807, 2.05) is 30.3 Å². The lowest BCUT2D eigenvalue weighted by molar-refractivity contribution is -0.142. The molecule has 2 unspecified atom stereocenters. The molecule has 1 aromatic rings. The molecule has 4 fully saturated rings. The second kappa shape index (κ2) is 7.83. The fourth-order valence-electron chi connectivity index (χ4n) is 7.97. The van der Waals surface area contributed by atoms with Gasteiger partial charge in [-0.1, -0.05) is 38.5 Å². The molecule has 7 atom stereocenters. The summed E-state index contributed by atoms with van der Waals surface area (Å²) in [6.07, 6.45) is 9.29. The molecule has 3 saturated carbocycles. The normalized spacial score (nSPS) is 41.4. The zero-order valence-electron chi connectivity index (χ0n) is 19.0. The second-order valence-corrected chi connectivity index (χ2v) is 11.2. The van der Waals surface area contributed by atoms with Crippen molar-refractivity contribution >= 4 is 17.6 Å². The topological polar surface area (TPSA) is 70.2 Å². The van der Waals surface area contributed by atoms with Gasteiger partial charge in [0.05, 0.1) is 0 Å². The Morgan fingerprint density at radius 2 is 1.90 bits per heavy atom. The summed E-state index contributed by atoms with van der Waals surface area (Å²) in [6.45, 7) is 5.65.